The van der Waals surface area contributed by atoms with Crippen molar-refractivity contribution < 1.29 is 14.5 Å². The number of benzene rings is 1. The SMILES string of the molecule is O=C1NC2(CCCCC2)C(=O)N1/N=C/c1ccccc1[N+](=O)[O-]. The Balaban J connectivity index is 1.84. The van der Waals surface area contributed by atoms with Crippen molar-refractivity contribution in [3.63, 3.8) is 0 Å². The Morgan fingerprint density at radius 2 is 1.91 bits per heavy atom. The maximum Gasteiger partial charge on any atom is 0.346 e. The zero-order valence-electron chi connectivity index (χ0n) is 12.4. The maximum absolute atomic E-state index is 12.5. The third-order valence-electron chi connectivity index (χ3n) is 4.29. The summed E-state index contributed by atoms with van der Waals surface area (Å²) >= 11 is 0. The van der Waals surface area contributed by atoms with Gasteiger partial charge in [-0.05, 0) is 18.9 Å². The van der Waals surface area contributed by atoms with Gasteiger partial charge in [-0.3, -0.25) is 14.9 Å². The van der Waals surface area contributed by atoms with E-state index in [1.54, 1.807) is 12.1 Å². The van der Waals surface area contributed by atoms with Gasteiger partial charge in [0.05, 0.1) is 16.7 Å². The summed E-state index contributed by atoms with van der Waals surface area (Å²) in [5.74, 6) is -0.378. The van der Waals surface area contributed by atoms with Crippen molar-refractivity contribution >= 4 is 23.8 Å². The lowest BCUT2D eigenvalue weighted by atomic mass is 9.82. The van der Waals surface area contributed by atoms with E-state index in [2.05, 4.69) is 10.4 Å². The monoisotopic (exact) mass is 316 g/mol. The van der Waals surface area contributed by atoms with Crippen LogP contribution in [0.2, 0.25) is 0 Å². The van der Waals surface area contributed by atoms with Gasteiger partial charge < -0.3 is 5.32 Å². The van der Waals surface area contributed by atoms with E-state index in [4.69, 9.17) is 0 Å². The van der Waals surface area contributed by atoms with Crippen molar-refractivity contribution in [2.24, 2.45) is 5.10 Å². The van der Waals surface area contributed by atoms with Crippen molar-refractivity contribution in [1.29, 1.82) is 0 Å². The first-order chi connectivity index (χ1) is 11.0. The lowest BCUT2D eigenvalue weighted by Gasteiger charge is -2.29. The fourth-order valence-electron chi connectivity index (χ4n) is 3.09. The minimum absolute atomic E-state index is 0.129. The molecule has 120 valence electrons. The molecule has 2 aliphatic rings. The molecule has 3 amide bonds. The molecule has 0 aromatic heterocycles. The predicted molar refractivity (Wildman–Crippen MR) is 81.9 cm³/mol. The highest BCUT2D eigenvalue weighted by Crippen LogP contribution is 2.33. The van der Waals surface area contributed by atoms with Gasteiger partial charge in [-0.25, -0.2) is 4.79 Å². The zero-order chi connectivity index (χ0) is 16.4. The maximum atomic E-state index is 12.5. The Bertz CT molecular complexity index is 694. The molecule has 1 aromatic rings. The Kier molecular flexibility index (Phi) is 3.81. The van der Waals surface area contributed by atoms with Gasteiger partial charge in [0.2, 0.25) is 0 Å². The van der Waals surface area contributed by atoms with Crippen molar-refractivity contribution in [3.05, 3.63) is 39.9 Å². The molecule has 8 nitrogen and oxygen atoms in total. The van der Waals surface area contributed by atoms with Gasteiger partial charge in [-0.1, -0.05) is 31.4 Å². The van der Waals surface area contributed by atoms with Gasteiger partial charge in [0.1, 0.15) is 5.54 Å². The fourth-order valence-corrected chi connectivity index (χ4v) is 3.09. The molecule has 1 heterocycles. The number of rotatable bonds is 3. The number of hydrogen-bond acceptors (Lipinski definition) is 5. The smallest absolute Gasteiger partial charge is 0.321 e. The molecule has 0 radical (unpaired) electrons. The minimum atomic E-state index is -0.852. The van der Waals surface area contributed by atoms with E-state index in [9.17, 15) is 19.7 Å². The molecule has 0 atom stereocenters. The van der Waals surface area contributed by atoms with Crippen LogP contribution in [0.4, 0.5) is 10.5 Å². The summed E-state index contributed by atoms with van der Waals surface area (Å²) < 4.78 is 0. The molecule has 0 bridgehead atoms. The van der Waals surface area contributed by atoms with E-state index in [1.807, 2.05) is 0 Å². The first-order valence-electron chi connectivity index (χ1n) is 7.48. The molecule has 3 rings (SSSR count). The van der Waals surface area contributed by atoms with Crippen molar-refractivity contribution in [2.45, 2.75) is 37.6 Å². The average Bonchev–Trinajstić information content (AvgIpc) is 2.77. The van der Waals surface area contributed by atoms with E-state index in [0.717, 1.165) is 24.3 Å². The number of amides is 3. The average molecular weight is 316 g/mol. The van der Waals surface area contributed by atoms with Crippen LogP contribution in [0.1, 0.15) is 37.7 Å². The largest absolute Gasteiger partial charge is 0.346 e. The first-order valence-corrected chi connectivity index (χ1v) is 7.48. The molecule has 1 aliphatic carbocycles. The van der Waals surface area contributed by atoms with E-state index in [-0.39, 0.29) is 17.2 Å². The summed E-state index contributed by atoms with van der Waals surface area (Å²) in [5.41, 5.74) is -0.742. The number of hydrogen-bond donors (Lipinski definition) is 1. The van der Waals surface area contributed by atoms with Crippen LogP contribution in [0.3, 0.4) is 0 Å². The second kappa shape index (κ2) is 5.79. The van der Waals surface area contributed by atoms with Crippen molar-refractivity contribution in [3.8, 4) is 0 Å². The molecule has 1 aromatic carbocycles. The van der Waals surface area contributed by atoms with Crippen LogP contribution < -0.4 is 5.32 Å². The summed E-state index contributed by atoms with van der Waals surface area (Å²) in [6.07, 6.45) is 5.20. The molecule has 1 saturated carbocycles. The fraction of sp³-hybridized carbons (Fsp3) is 0.400. The number of carbonyl (C=O) groups excluding carboxylic acids is 2. The highest BCUT2D eigenvalue weighted by Gasteiger charge is 2.51. The third-order valence-corrected chi connectivity index (χ3v) is 4.29. The standard InChI is InChI=1S/C15H16N4O4/c20-13-15(8-4-1-5-9-15)17-14(21)18(13)16-10-11-6-2-3-7-12(11)19(22)23/h2-3,6-7,10H,1,4-5,8-9H2,(H,17,21)/b16-10+. The lowest BCUT2D eigenvalue weighted by Crippen LogP contribution is -2.48. The summed E-state index contributed by atoms with van der Waals surface area (Å²) in [6, 6.07) is 5.45. The van der Waals surface area contributed by atoms with Gasteiger partial charge in [0.25, 0.3) is 11.6 Å². The first kappa shape index (κ1) is 15.1. The molecule has 2 fully saturated rings. The molecular formula is C15H16N4O4. The van der Waals surface area contributed by atoms with Crippen LogP contribution in [-0.4, -0.2) is 33.6 Å². The van der Waals surface area contributed by atoms with Gasteiger partial charge >= 0.3 is 6.03 Å². The molecule has 1 spiro atoms. The van der Waals surface area contributed by atoms with Crippen LogP contribution in [-0.2, 0) is 4.79 Å². The molecule has 1 N–H and O–H groups in total. The molecule has 8 heteroatoms. The topological polar surface area (TPSA) is 105 Å². The van der Waals surface area contributed by atoms with Gasteiger partial charge in [-0.15, -0.1) is 5.01 Å². The number of carbonyl (C=O) groups is 2. The van der Waals surface area contributed by atoms with Crippen molar-refractivity contribution in [2.75, 3.05) is 0 Å². The number of nitrogens with one attached hydrogen (secondary N) is 1. The van der Waals surface area contributed by atoms with E-state index in [1.165, 1.54) is 18.3 Å². The highest BCUT2D eigenvalue weighted by molar-refractivity contribution is 6.07. The van der Waals surface area contributed by atoms with Gasteiger partial charge in [-0.2, -0.15) is 5.10 Å². The lowest BCUT2D eigenvalue weighted by molar-refractivity contribution is -0.385. The van der Waals surface area contributed by atoms with Crippen LogP contribution in [0.25, 0.3) is 0 Å². The van der Waals surface area contributed by atoms with Gasteiger partial charge in [0, 0.05) is 6.07 Å². The number of hydrazone groups is 1. The highest BCUT2D eigenvalue weighted by atomic mass is 16.6. The quantitative estimate of drug-likeness (QED) is 0.399. The van der Waals surface area contributed by atoms with Crippen LogP contribution in [0, 0.1) is 10.1 Å². The summed E-state index contributed by atoms with van der Waals surface area (Å²) in [4.78, 5) is 35.0. The molecule has 23 heavy (non-hydrogen) atoms. The van der Waals surface area contributed by atoms with E-state index in [0.29, 0.717) is 12.8 Å². The molecule has 0 unspecified atom stereocenters. The second-order valence-corrected chi connectivity index (χ2v) is 5.75. The zero-order valence-corrected chi connectivity index (χ0v) is 12.4. The third kappa shape index (κ3) is 2.67. The molecule has 1 aliphatic heterocycles. The Hall–Kier alpha value is -2.77. The van der Waals surface area contributed by atoms with E-state index < -0.39 is 16.5 Å². The predicted octanol–water partition coefficient (Wildman–Crippen LogP) is 2.18. The number of nitro groups is 1. The Morgan fingerprint density at radius 1 is 1.22 bits per heavy atom. The number of nitro benzene ring substituents is 1. The van der Waals surface area contributed by atoms with Crippen molar-refractivity contribution in [1.82, 2.24) is 10.3 Å². The minimum Gasteiger partial charge on any atom is -0.321 e. The summed E-state index contributed by atoms with van der Waals surface area (Å²) in [7, 11) is 0. The van der Waals surface area contributed by atoms with Crippen LogP contribution >= 0.6 is 0 Å². The summed E-state index contributed by atoms with van der Waals surface area (Å²) in [6.45, 7) is 0. The van der Waals surface area contributed by atoms with Crippen LogP contribution in [0.5, 0.6) is 0 Å². The Labute approximate surface area is 132 Å². The second-order valence-electron chi connectivity index (χ2n) is 5.75. The normalized spacial score (nSPS) is 20.3. The van der Waals surface area contributed by atoms with Gasteiger partial charge in [0.15, 0.2) is 0 Å². The van der Waals surface area contributed by atoms with E-state index >= 15 is 0 Å². The van der Waals surface area contributed by atoms with Crippen LogP contribution in [0.15, 0.2) is 29.4 Å². The Morgan fingerprint density at radius 3 is 2.61 bits per heavy atom. The summed E-state index contributed by atoms with van der Waals surface area (Å²) in [5, 5.41) is 18.4. The molecule has 1 saturated heterocycles. The molecular weight excluding hydrogens is 300 g/mol. The number of imide groups is 1. The number of para-hydroxylation sites is 1. The number of urea groups is 1. The number of nitrogens with zero attached hydrogens (tertiary/aromatic N) is 3.